The van der Waals surface area contributed by atoms with Crippen molar-refractivity contribution < 1.29 is 17.9 Å². The summed E-state index contributed by atoms with van der Waals surface area (Å²) in [6.45, 7) is 0.0933. The molecule has 0 aliphatic rings. The Morgan fingerprint density at radius 1 is 1.30 bits per heavy atom. The molecule has 0 amide bonds. The second-order valence-corrected chi connectivity index (χ2v) is 4.86. The third-order valence-corrected chi connectivity index (χ3v) is 3.45. The Morgan fingerprint density at radius 2 is 2.05 bits per heavy atom. The van der Waals surface area contributed by atoms with Gasteiger partial charge in [-0.15, -0.1) is 21.5 Å². The van der Waals surface area contributed by atoms with E-state index in [1.807, 2.05) is 0 Å². The van der Waals surface area contributed by atoms with Crippen molar-refractivity contribution in [1.82, 2.24) is 20.5 Å². The SMILES string of the molecule is CNCc1sc(-c2ccc(OC)nn2)nc1C(F)(F)F. The highest BCUT2D eigenvalue weighted by molar-refractivity contribution is 7.15. The molecule has 0 fully saturated rings. The van der Waals surface area contributed by atoms with Crippen molar-refractivity contribution in [3.63, 3.8) is 0 Å². The van der Waals surface area contributed by atoms with Crippen molar-refractivity contribution in [3.8, 4) is 16.6 Å². The summed E-state index contributed by atoms with van der Waals surface area (Å²) in [5, 5.41) is 10.4. The lowest BCUT2D eigenvalue weighted by Gasteiger charge is -2.04. The molecule has 0 aliphatic carbocycles. The Bertz CT molecular complexity index is 582. The molecule has 2 rings (SSSR count). The van der Waals surface area contributed by atoms with E-state index in [1.165, 1.54) is 19.2 Å². The maximum Gasteiger partial charge on any atom is 0.434 e. The van der Waals surface area contributed by atoms with Crippen molar-refractivity contribution in [2.45, 2.75) is 12.7 Å². The Morgan fingerprint density at radius 3 is 2.55 bits per heavy atom. The van der Waals surface area contributed by atoms with Gasteiger partial charge in [-0.1, -0.05) is 0 Å². The van der Waals surface area contributed by atoms with Crippen LogP contribution in [0.3, 0.4) is 0 Å². The number of rotatable bonds is 4. The Labute approximate surface area is 116 Å². The first-order chi connectivity index (χ1) is 9.45. The number of methoxy groups -OCH3 is 1. The third kappa shape index (κ3) is 3.05. The highest BCUT2D eigenvalue weighted by Gasteiger charge is 2.37. The van der Waals surface area contributed by atoms with E-state index in [2.05, 4.69) is 20.5 Å². The van der Waals surface area contributed by atoms with Crippen LogP contribution in [0.2, 0.25) is 0 Å². The van der Waals surface area contributed by atoms with E-state index in [-0.39, 0.29) is 28.0 Å². The zero-order valence-corrected chi connectivity index (χ0v) is 11.5. The van der Waals surface area contributed by atoms with Gasteiger partial charge in [0.1, 0.15) is 10.7 Å². The number of halogens is 3. The van der Waals surface area contributed by atoms with Crippen LogP contribution in [0.25, 0.3) is 10.7 Å². The van der Waals surface area contributed by atoms with Crippen LogP contribution in [0.5, 0.6) is 5.88 Å². The molecular weight excluding hydrogens is 293 g/mol. The standard InChI is InChI=1S/C11H11F3N4OS/c1-15-5-7-9(11(12,13)14)16-10(20-7)6-3-4-8(19-2)18-17-6/h3-4,15H,5H2,1-2H3. The molecule has 0 saturated heterocycles. The Hall–Kier alpha value is -1.74. The van der Waals surface area contributed by atoms with Gasteiger partial charge in [-0.2, -0.15) is 13.2 Å². The number of hydrogen-bond donors (Lipinski definition) is 1. The van der Waals surface area contributed by atoms with Gasteiger partial charge in [-0.05, 0) is 13.1 Å². The number of thiazole rings is 1. The van der Waals surface area contributed by atoms with Gasteiger partial charge in [-0.3, -0.25) is 0 Å². The van der Waals surface area contributed by atoms with E-state index in [0.29, 0.717) is 0 Å². The van der Waals surface area contributed by atoms with E-state index >= 15 is 0 Å². The summed E-state index contributed by atoms with van der Waals surface area (Å²) in [5.74, 6) is 0.289. The minimum absolute atomic E-state index is 0.0933. The maximum absolute atomic E-state index is 12.9. The van der Waals surface area contributed by atoms with E-state index in [1.54, 1.807) is 7.05 Å². The van der Waals surface area contributed by atoms with Crippen LogP contribution in [0, 0.1) is 0 Å². The molecule has 2 heterocycles. The maximum atomic E-state index is 12.9. The molecule has 2 aromatic rings. The first kappa shape index (κ1) is 14.7. The topological polar surface area (TPSA) is 59.9 Å². The van der Waals surface area contributed by atoms with Gasteiger partial charge in [0.15, 0.2) is 5.69 Å². The fraction of sp³-hybridized carbons (Fsp3) is 0.364. The molecule has 0 saturated carbocycles. The lowest BCUT2D eigenvalue weighted by atomic mass is 10.3. The van der Waals surface area contributed by atoms with Crippen LogP contribution in [0.4, 0.5) is 13.2 Å². The monoisotopic (exact) mass is 304 g/mol. The summed E-state index contributed by atoms with van der Waals surface area (Å²) in [5.41, 5.74) is -0.604. The van der Waals surface area contributed by atoms with Gasteiger partial charge in [-0.25, -0.2) is 4.98 Å². The summed E-state index contributed by atoms with van der Waals surface area (Å²) < 4.78 is 43.5. The molecule has 9 heteroatoms. The van der Waals surface area contributed by atoms with Crippen molar-refractivity contribution in [3.05, 3.63) is 22.7 Å². The van der Waals surface area contributed by atoms with E-state index < -0.39 is 11.9 Å². The molecule has 0 aromatic carbocycles. The second-order valence-electron chi connectivity index (χ2n) is 3.78. The number of nitrogens with one attached hydrogen (secondary N) is 1. The lowest BCUT2D eigenvalue weighted by Crippen LogP contribution is -2.12. The summed E-state index contributed by atoms with van der Waals surface area (Å²) in [6, 6.07) is 3.04. The first-order valence-electron chi connectivity index (χ1n) is 5.55. The zero-order valence-electron chi connectivity index (χ0n) is 10.7. The van der Waals surface area contributed by atoms with Gasteiger partial charge >= 0.3 is 6.18 Å². The van der Waals surface area contributed by atoms with Gasteiger partial charge in [0.25, 0.3) is 0 Å². The molecule has 0 bridgehead atoms. The van der Waals surface area contributed by atoms with Gasteiger partial charge in [0.05, 0.1) is 12.0 Å². The molecular formula is C11H11F3N4OS. The van der Waals surface area contributed by atoms with Gasteiger partial charge in [0.2, 0.25) is 5.88 Å². The fourth-order valence-electron chi connectivity index (χ4n) is 1.51. The quantitative estimate of drug-likeness (QED) is 0.939. The van der Waals surface area contributed by atoms with Gasteiger partial charge < -0.3 is 10.1 Å². The highest BCUT2D eigenvalue weighted by atomic mass is 32.1. The van der Waals surface area contributed by atoms with Crippen LogP contribution in [0.15, 0.2) is 12.1 Å². The van der Waals surface area contributed by atoms with Crippen LogP contribution in [0.1, 0.15) is 10.6 Å². The normalized spacial score (nSPS) is 11.7. The molecule has 0 spiro atoms. The van der Waals surface area contributed by atoms with E-state index in [9.17, 15) is 13.2 Å². The smallest absolute Gasteiger partial charge is 0.434 e. The largest absolute Gasteiger partial charge is 0.480 e. The Kier molecular flexibility index (Phi) is 4.19. The average molecular weight is 304 g/mol. The predicted molar refractivity (Wildman–Crippen MR) is 67.5 cm³/mol. The molecule has 108 valence electrons. The van der Waals surface area contributed by atoms with Crippen LogP contribution in [-0.2, 0) is 12.7 Å². The summed E-state index contributed by atoms with van der Waals surface area (Å²) in [6.07, 6.45) is -4.49. The summed E-state index contributed by atoms with van der Waals surface area (Å²) in [7, 11) is 3.01. The van der Waals surface area contributed by atoms with E-state index in [4.69, 9.17) is 4.74 Å². The van der Waals surface area contributed by atoms with Crippen molar-refractivity contribution >= 4 is 11.3 Å². The number of hydrogen-bond acceptors (Lipinski definition) is 6. The average Bonchev–Trinajstić information content (AvgIpc) is 2.83. The predicted octanol–water partition coefficient (Wildman–Crippen LogP) is 2.35. The highest BCUT2D eigenvalue weighted by Crippen LogP contribution is 2.37. The second kappa shape index (κ2) is 5.71. The van der Waals surface area contributed by atoms with Crippen molar-refractivity contribution in [2.24, 2.45) is 0 Å². The van der Waals surface area contributed by atoms with E-state index in [0.717, 1.165) is 11.3 Å². The summed E-state index contributed by atoms with van der Waals surface area (Å²) >= 11 is 0.941. The first-order valence-corrected chi connectivity index (χ1v) is 6.37. The molecule has 0 aliphatic heterocycles. The van der Waals surface area contributed by atoms with Gasteiger partial charge in [0, 0.05) is 12.6 Å². The Balaban J connectivity index is 2.41. The minimum Gasteiger partial charge on any atom is -0.480 e. The summed E-state index contributed by atoms with van der Waals surface area (Å²) in [4.78, 5) is 3.75. The molecule has 1 N–H and O–H groups in total. The minimum atomic E-state index is -4.49. The number of aromatic nitrogens is 3. The lowest BCUT2D eigenvalue weighted by molar-refractivity contribution is -0.141. The zero-order chi connectivity index (χ0) is 14.8. The molecule has 0 atom stereocenters. The number of alkyl halides is 3. The third-order valence-electron chi connectivity index (χ3n) is 2.37. The fourth-order valence-corrected chi connectivity index (χ4v) is 2.56. The van der Waals surface area contributed by atoms with Crippen LogP contribution < -0.4 is 10.1 Å². The van der Waals surface area contributed by atoms with Crippen molar-refractivity contribution in [2.75, 3.05) is 14.2 Å². The molecule has 5 nitrogen and oxygen atoms in total. The van der Waals surface area contributed by atoms with Crippen LogP contribution >= 0.6 is 11.3 Å². The van der Waals surface area contributed by atoms with Crippen molar-refractivity contribution in [1.29, 1.82) is 0 Å². The molecule has 20 heavy (non-hydrogen) atoms. The number of ether oxygens (including phenoxy) is 1. The molecule has 2 aromatic heterocycles. The molecule has 0 radical (unpaired) electrons. The van der Waals surface area contributed by atoms with Crippen LogP contribution in [-0.4, -0.2) is 29.3 Å². The number of nitrogens with zero attached hydrogens (tertiary/aromatic N) is 3. The molecule has 0 unspecified atom stereocenters.